The summed E-state index contributed by atoms with van der Waals surface area (Å²) in [5, 5.41) is 3.50. The predicted octanol–water partition coefficient (Wildman–Crippen LogP) is 5.16. The van der Waals surface area contributed by atoms with E-state index in [1.165, 1.54) is 0 Å². The highest BCUT2D eigenvalue weighted by atomic mass is 79.9. The third-order valence-electron chi connectivity index (χ3n) is 3.37. The van der Waals surface area contributed by atoms with Crippen molar-refractivity contribution in [2.24, 2.45) is 0 Å². The lowest BCUT2D eigenvalue weighted by molar-refractivity contribution is 0.171. The van der Waals surface area contributed by atoms with Gasteiger partial charge in [-0.1, -0.05) is 22.0 Å². The highest BCUT2D eigenvalue weighted by Gasteiger charge is 2.15. The SMILES string of the molecule is CC(Nc1ccc(Br)cc1Br)c1ccc2c(c1)OCCO2. The maximum Gasteiger partial charge on any atom is 0.161 e. The molecule has 110 valence electrons. The maximum atomic E-state index is 5.64. The van der Waals surface area contributed by atoms with E-state index in [0.717, 1.165) is 31.7 Å². The molecular weight excluding hydrogens is 398 g/mol. The molecule has 0 fully saturated rings. The van der Waals surface area contributed by atoms with Crippen molar-refractivity contribution in [3.63, 3.8) is 0 Å². The monoisotopic (exact) mass is 411 g/mol. The molecule has 1 atom stereocenters. The molecule has 2 aromatic carbocycles. The van der Waals surface area contributed by atoms with E-state index in [-0.39, 0.29) is 6.04 Å². The second-order valence-corrected chi connectivity index (χ2v) is 6.66. The molecular formula is C16H15Br2NO2. The van der Waals surface area contributed by atoms with Gasteiger partial charge in [-0.05, 0) is 58.7 Å². The van der Waals surface area contributed by atoms with Crippen LogP contribution in [-0.2, 0) is 0 Å². The number of ether oxygens (including phenoxy) is 2. The minimum absolute atomic E-state index is 0.165. The van der Waals surface area contributed by atoms with Gasteiger partial charge in [0.05, 0.1) is 0 Å². The van der Waals surface area contributed by atoms with Crippen molar-refractivity contribution in [3.8, 4) is 11.5 Å². The molecule has 0 spiro atoms. The van der Waals surface area contributed by atoms with Crippen LogP contribution < -0.4 is 14.8 Å². The van der Waals surface area contributed by atoms with E-state index in [2.05, 4.69) is 50.2 Å². The van der Waals surface area contributed by atoms with Gasteiger partial charge in [-0.25, -0.2) is 0 Å². The number of nitrogens with one attached hydrogen (secondary N) is 1. The van der Waals surface area contributed by atoms with Gasteiger partial charge < -0.3 is 14.8 Å². The quantitative estimate of drug-likeness (QED) is 0.755. The van der Waals surface area contributed by atoms with Crippen molar-refractivity contribution < 1.29 is 9.47 Å². The summed E-state index contributed by atoms with van der Waals surface area (Å²) in [5.41, 5.74) is 2.22. The minimum atomic E-state index is 0.165. The maximum absolute atomic E-state index is 5.64. The molecule has 0 radical (unpaired) electrons. The molecule has 1 aliphatic rings. The van der Waals surface area contributed by atoms with Crippen LogP contribution in [0.3, 0.4) is 0 Å². The lowest BCUT2D eigenvalue weighted by atomic mass is 10.1. The molecule has 3 nitrogen and oxygen atoms in total. The Morgan fingerprint density at radius 3 is 2.52 bits per heavy atom. The number of rotatable bonds is 3. The first-order valence-electron chi connectivity index (χ1n) is 6.74. The Hall–Kier alpha value is -1.20. The van der Waals surface area contributed by atoms with Crippen molar-refractivity contribution in [2.75, 3.05) is 18.5 Å². The Bertz CT molecular complexity index is 661. The van der Waals surface area contributed by atoms with E-state index in [0.29, 0.717) is 13.2 Å². The number of halogens is 2. The second kappa shape index (κ2) is 6.28. The molecule has 3 rings (SSSR count). The molecule has 1 unspecified atom stereocenters. The van der Waals surface area contributed by atoms with Gasteiger partial charge >= 0.3 is 0 Å². The standard InChI is InChI=1S/C16H15Br2NO2/c1-10(19-14-4-3-12(17)9-13(14)18)11-2-5-15-16(8-11)21-7-6-20-15/h2-5,8-10,19H,6-7H2,1H3. The normalized spacial score (nSPS) is 14.6. The lowest BCUT2D eigenvalue weighted by Gasteiger charge is -2.22. The van der Waals surface area contributed by atoms with Crippen LogP contribution in [0, 0.1) is 0 Å². The summed E-state index contributed by atoms with van der Waals surface area (Å²) in [6, 6.07) is 12.3. The van der Waals surface area contributed by atoms with Gasteiger partial charge in [0.1, 0.15) is 13.2 Å². The lowest BCUT2D eigenvalue weighted by Crippen LogP contribution is -2.16. The molecule has 21 heavy (non-hydrogen) atoms. The van der Waals surface area contributed by atoms with Crippen LogP contribution in [0.25, 0.3) is 0 Å². The summed E-state index contributed by atoms with van der Waals surface area (Å²) in [6.45, 7) is 3.35. The first-order chi connectivity index (χ1) is 10.1. The molecule has 0 aliphatic carbocycles. The number of fused-ring (bicyclic) bond motifs is 1. The summed E-state index contributed by atoms with van der Waals surface area (Å²) in [4.78, 5) is 0. The molecule has 0 aromatic heterocycles. The Kier molecular flexibility index (Phi) is 4.40. The van der Waals surface area contributed by atoms with E-state index in [1.807, 2.05) is 30.3 Å². The molecule has 1 heterocycles. The van der Waals surface area contributed by atoms with Gasteiger partial charge in [-0.15, -0.1) is 0 Å². The summed E-state index contributed by atoms with van der Waals surface area (Å²) in [7, 11) is 0. The van der Waals surface area contributed by atoms with Crippen LogP contribution >= 0.6 is 31.9 Å². The first kappa shape index (κ1) is 14.7. The van der Waals surface area contributed by atoms with Crippen molar-refractivity contribution in [1.29, 1.82) is 0 Å². The van der Waals surface area contributed by atoms with E-state index < -0.39 is 0 Å². The number of benzene rings is 2. The summed E-state index contributed by atoms with van der Waals surface area (Å²) < 4.78 is 13.3. The zero-order valence-corrected chi connectivity index (χ0v) is 14.7. The van der Waals surface area contributed by atoms with Crippen molar-refractivity contribution >= 4 is 37.5 Å². The minimum Gasteiger partial charge on any atom is -0.486 e. The number of anilines is 1. The van der Waals surface area contributed by atoms with Crippen molar-refractivity contribution in [3.05, 3.63) is 50.9 Å². The predicted molar refractivity (Wildman–Crippen MR) is 91.3 cm³/mol. The second-order valence-electron chi connectivity index (χ2n) is 4.89. The molecule has 0 amide bonds. The fourth-order valence-corrected chi connectivity index (χ4v) is 3.41. The van der Waals surface area contributed by atoms with E-state index in [1.54, 1.807) is 0 Å². The van der Waals surface area contributed by atoms with E-state index in [4.69, 9.17) is 9.47 Å². The molecule has 2 aromatic rings. The Balaban J connectivity index is 1.80. The van der Waals surface area contributed by atoms with Crippen LogP contribution in [-0.4, -0.2) is 13.2 Å². The first-order valence-corrected chi connectivity index (χ1v) is 8.33. The average Bonchev–Trinajstić information content (AvgIpc) is 2.49. The van der Waals surface area contributed by atoms with Crippen molar-refractivity contribution in [2.45, 2.75) is 13.0 Å². The van der Waals surface area contributed by atoms with Crippen LogP contribution in [0.15, 0.2) is 45.3 Å². The summed E-state index contributed by atoms with van der Waals surface area (Å²) in [5.74, 6) is 1.64. The Morgan fingerprint density at radius 1 is 1.00 bits per heavy atom. The third kappa shape index (κ3) is 3.35. The largest absolute Gasteiger partial charge is 0.486 e. The molecule has 1 N–H and O–H groups in total. The molecule has 5 heteroatoms. The van der Waals surface area contributed by atoms with Crippen LogP contribution in [0.4, 0.5) is 5.69 Å². The van der Waals surface area contributed by atoms with Crippen LogP contribution in [0.1, 0.15) is 18.5 Å². The average molecular weight is 413 g/mol. The molecule has 1 aliphatic heterocycles. The van der Waals surface area contributed by atoms with Gasteiger partial charge in [-0.2, -0.15) is 0 Å². The third-order valence-corrected chi connectivity index (χ3v) is 4.52. The zero-order valence-electron chi connectivity index (χ0n) is 11.5. The van der Waals surface area contributed by atoms with Crippen LogP contribution in [0.2, 0.25) is 0 Å². The topological polar surface area (TPSA) is 30.5 Å². The van der Waals surface area contributed by atoms with Gasteiger partial charge in [0, 0.05) is 20.7 Å². The number of hydrogen-bond donors (Lipinski definition) is 1. The highest BCUT2D eigenvalue weighted by Crippen LogP contribution is 2.34. The van der Waals surface area contributed by atoms with Gasteiger partial charge in [-0.3, -0.25) is 0 Å². The molecule has 0 saturated carbocycles. The van der Waals surface area contributed by atoms with Crippen LogP contribution in [0.5, 0.6) is 11.5 Å². The smallest absolute Gasteiger partial charge is 0.161 e. The fraction of sp³-hybridized carbons (Fsp3) is 0.250. The number of hydrogen-bond acceptors (Lipinski definition) is 3. The zero-order chi connectivity index (χ0) is 14.8. The summed E-state index contributed by atoms with van der Waals surface area (Å²) in [6.07, 6.45) is 0. The van der Waals surface area contributed by atoms with E-state index in [9.17, 15) is 0 Å². The Labute approximate surface area is 140 Å². The summed E-state index contributed by atoms with van der Waals surface area (Å²) >= 11 is 7.03. The fourth-order valence-electron chi connectivity index (χ4n) is 2.25. The van der Waals surface area contributed by atoms with E-state index >= 15 is 0 Å². The molecule has 0 bridgehead atoms. The van der Waals surface area contributed by atoms with Crippen molar-refractivity contribution in [1.82, 2.24) is 0 Å². The van der Waals surface area contributed by atoms with Gasteiger partial charge in [0.15, 0.2) is 11.5 Å². The highest BCUT2D eigenvalue weighted by molar-refractivity contribution is 9.11. The Morgan fingerprint density at radius 2 is 1.76 bits per heavy atom. The van der Waals surface area contributed by atoms with Gasteiger partial charge in [0.25, 0.3) is 0 Å². The molecule has 0 saturated heterocycles. The van der Waals surface area contributed by atoms with Gasteiger partial charge in [0.2, 0.25) is 0 Å².